The van der Waals surface area contributed by atoms with Crippen LogP contribution in [0.5, 0.6) is 0 Å². The van der Waals surface area contributed by atoms with Gasteiger partial charge in [0, 0.05) is 31.6 Å². The highest BCUT2D eigenvalue weighted by Crippen LogP contribution is 2.26. The number of alkyl halides is 1. The van der Waals surface area contributed by atoms with E-state index in [4.69, 9.17) is 11.6 Å². The second-order valence-electron chi connectivity index (χ2n) is 4.76. The van der Waals surface area contributed by atoms with Crippen LogP contribution >= 0.6 is 11.6 Å². The van der Waals surface area contributed by atoms with Gasteiger partial charge in [-0.25, -0.2) is 4.98 Å². The molecule has 2 heterocycles. The number of nitrogens with zero attached hydrogens (tertiary/aromatic N) is 2. The van der Waals surface area contributed by atoms with Crippen LogP contribution < -0.4 is 10.2 Å². The minimum Gasteiger partial charge on any atom is -0.355 e. The molecule has 1 amide bonds. The van der Waals surface area contributed by atoms with Gasteiger partial charge in [-0.05, 0) is 37.8 Å². The SMILES string of the molecule is O=C(CCCCCl)Nc1cccnc1N1CCCC1. The van der Waals surface area contributed by atoms with Crippen molar-refractivity contribution in [1.29, 1.82) is 0 Å². The number of carbonyl (C=O) groups excluding carboxylic acids is 1. The molecular formula is C14H20ClN3O. The molecule has 0 radical (unpaired) electrons. The number of hydrogen-bond donors (Lipinski definition) is 1. The van der Waals surface area contributed by atoms with Crippen molar-refractivity contribution in [3.63, 3.8) is 0 Å². The van der Waals surface area contributed by atoms with Crippen LogP contribution in [0.15, 0.2) is 18.3 Å². The lowest BCUT2D eigenvalue weighted by Crippen LogP contribution is -2.22. The summed E-state index contributed by atoms with van der Waals surface area (Å²) >= 11 is 5.61. The van der Waals surface area contributed by atoms with E-state index in [0.717, 1.165) is 37.4 Å². The first-order chi connectivity index (χ1) is 9.31. The number of amides is 1. The van der Waals surface area contributed by atoms with Gasteiger partial charge in [0.2, 0.25) is 5.91 Å². The van der Waals surface area contributed by atoms with Crippen molar-refractivity contribution in [3.8, 4) is 0 Å². The molecule has 2 rings (SSSR count). The Kier molecular flexibility index (Phi) is 5.45. The fourth-order valence-corrected chi connectivity index (χ4v) is 2.46. The Balaban J connectivity index is 1.97. The number of nitrogens with one attached hydrogen (secondary N) is 1. The number of unbranched alkanes of at least 4 members (excludes halogenated alkanes) is 1. The van der Waals surface area contributed by atoms with Crippen LogP contribution in [0.3, 0.4) is 0 Å². The fourth-order valence-electron chi connectivity index (χ4n) is 2.27. The number of halogens is 1. The minimum absolute atomic E-state index is 0.0403. The molecule has 1 aliphatic heterocycles. The van der Waals surface area contributed by atoms with Crippen LogP contribution in [0.1, 0.15) is 32.1 Å². The highest BCUT2D eigenvalue weighted by molar-refractivity contribution is 6.17. The third-order valence-corrected chi connectivity index (χ3v) is 3.52. The van der Waals surface area contributed by atoms with Crippen molar-refractivity contribution >= 4 is 29.0 Å². The van der Waals surface area contributed by atoms with Crippen molar-refractivity contribution < 1.29 is 4.79 Å². The number of rotatable bonds is 6. The van der Waals surface area contributed by atoms with Crippen LogP contribution in [0, 0.1) is 0 Å². The van der Waals surface area contributed by atoms with Gasteiger partial charge in [0.1, 0.15) is 0 Å². The fraction of sp³-hybridized carbons (Fsp3) is 0.571. The van der Waals surface area contributed by atoms with Gasteiger partial charge in [0.05, 0.1) is 5.69 Å². The minimum atomic E-state index is 0.0403. The van der Waals surface area contributed by atoms with Crippen LogP contribution in [-0.4, -0.2) is 29.9 Å². The maximum Gasteiger partial charge on any atom is 0.224 e. The molecule has 5 heteroatoms. The zero-order valence-corrected chi connectivity index (χ0v) is 11.8. The van der Waals surface area contributed by atoms with Crippen LogP contribution in [0.4, 0.5) is 11.5 Å². The zero-order valence-electron chi connectivity index (χ0n) is 11.1. The predicted molar refractivity (Wildman–Crippen MR) is 78.9 cm³/mol. The second kappa shape index (κ2) is 7.34. The lowest BCUT2D eigenvalue weighted by atomic mass is 10.2. The van der Waals surface area contributed by atoms with Crippen LogP contribution in [-0.2, 0) is 4.79 Å². The maximum absolute atomic E-state index is 11.9. The van der Waals surface area contributed by atoms with Gasteiger partial charge in [-0.3, -0.25) is 4.79 Å². The van der Waals surface area contributed by atoms with Gasteiger partial charge in [-0.15, -0.1) is 11.6 Å². The molecule has 0 aliphatic carbocycles. The topological polar surface area (TPSA) is 45.2 Å². The number of hydrogen-bond acceptors (Lipinski definition) is 3. The van der Waals surface area contributed by atoms with Gasteiger partial charge < -0.3 is 10.2 Å². The smallest absolute Gasteiger partial charge is 0.224 e. The average Bonchev–Trinajstić information content (AvgIpc) is 2.93. The molecule has 1 aliphatic rings. The van der Waals surface area contributed by atoms with E-state index in [0.29, 0.717) is 12.3 Å². The molecule has 0 unspecified atom stereocenters. The Morgan fingerprint density at radius 3 is 2.89 bits per heavy atom. The Hall–Kier alpha value is -1.29. The standard InChI is InChI=1S/C14H20ClN3O/c15-8-2-1-7-13(19)17-12-6-5-9-16-14(12)18-10-3-4-11-18/h5-6,9H,1-4,7-8,10-11H2,(H,17,19). The number of anilines is 2. The molecule has 0 spiro atoms. The normalized spacial score (nSPS) is 14.7. The Morgan fingerprint density at radius 1 is 1.37 bits per heavy atom. The summed E-state index contributed by atoms with van der Waals surface area (Å²) in [6, 6.07) is 3.77. The van der Waals surface area contributed by atoms with Crippen LogP contribution in [0.2, 0.25) is 0 Å². The van der Waals surface area contributed by atoms with Crippen molar-refractivity contribution in [2.75, 3.05) is 29.2 Å². The molecule has 104 valence electrons. The maximum atomic E-state index is 11.9. The van der Waals surface area contributed by atoms with E-state index in [9.17, 15) is 4.79 Å². The van der Waals surface area contributed by atoms with Crippen molar-refractivity contribution in [3.05, 3.63) is 18.3 Å². The Morgan fingerprint density at radius 2 is 2.16 bits per heavy atom. The van der Waals surface area contributed by atoms with Crippen LogP contribution in [0.25, 0.3) is 0 Å². The molecule has 1 aromatic heterocycles. The van der Waals surface area contributed by atoms with Crippen molar-refractivity contribution in [1.82, 2.24) is 4.98 Å². The van der Waals surface area contributed by atoms with Gasteiger partial charge in [0.25, 0.3) is 0 Å². The molecule has 0 atom stereocenters. The van der Waals surface area contributed by atoms with Crippen molar-refractivity contribution in [2.45, 2.75) is 32.1 Å². The molecule has 1 N–H and O–H groups in total. The molecule has 0 aromatic carbocycles. The van der Waals surface area contributed by atoms with Gasteiger partial charge in [-0.2, -0.15) is 0 Å². The monoisotopic (exact) mass is 281 g/mol. The summed E-state index contributed by atoms with van der Waals surface area (Å²) < 4.78 is 0. The molecule has 1 fully saturated rings. The van der Waals surface area contributed by atoms with Gasteiger partial charge in [0.15, 0.2) is 5.82 Å². The van der Waals surface area contributed by atoms with Gasteiger partial charge in [-0.1, -0.05) is 0 Å². The summed E-state index contributed by atoms with van der Waals surface area (Å²) in [6.07, 6.45) is 6.38. The molecule has 0 bridgehead atoms. The molecule has 1 saturated heterocycles. The summed E-state index contributed by atoms with van der Waals surface area (Å²) in [6.45, 7) is 2.04. The molecule has 1 aromatic rings. The lowest BCUT2D eigenvalue weighted by Gasteiger charge is -2.19. The molecular weight excluding hydrogens is 262 g/mol. The number of carbonyl (C=O) groups is 1. The van der Waals surface area contributed by atoms with E-state index in [1.54, 1.807) is 6.20 Å². The number of pyridine rings is 1. The summed E-state index contributed by atoms with van der Waals surface area (Å²) in [5.74, 6) is 1.54. The second-order valence-corrected chi connectivity index (χ2v) is 5.14. The first-order valence-electron chi connectivity index (χ1n) is 6.87. The predicted octanol–water partition coefficient (Wildman–Crippen LogP) is 3.03. The first-order valence-corrected chi connectivity index (χ1v) is 7.40. The Labute approximate surface area is 119 Å². The average molecular weight is 282 g/mol. The highest BCUT2D eigenvalue weighted by Gasteiger charge is 2.17. The number of aromatic nitrogens is 1. The van der Waals surface area contributed by atoms with E-state index in [1.807, 2.05) is 12.1 Å². The first kappa shape index (κ1) is 14.1. The summed E-state index contributed by atoms with van der Waals surface area (Å²) in [4.78, 5) is 18.5. The summed E-state index contributed by atoms with van der Waals surface area (Å²) in [5, 5.41) is 2.96. The third kappa shape index (κ3) is 4.10. The van der Waals surface area contributed by atoms with Crippen molar-refractivity contribution in [2.24, 2.45) is 0 Å². The van der Waals surface area contributed by atoms with E-state index in [2.05, 4.69) is 15.2 Å². The summed E-state index contributed by atoms with van der Waals surface area (Å²) in [5.41, 5.74) is 0.820. The third-order valence-electron chi connectivity index (χ3n) is 3.25. The van der Waals surface area contributed by atoms with E-state index >= 15 is 0 Å². The molecule has 4 nitrogen and oxygen atoms in total. The van der Waals surface area contributed by atoms with E-state index in [1.165, 1.54) is 12.8 Å². The molecule has 0 saturated carbocycles. The largest absolute Gasteiger partial charge is 0.355 e. The summed E-state index contributed by atoms with van der Waals surface area (Å²) in [7, 11) is 0. The van der Waals surface area contributed by atoms with E-state index < -0.39 is 0 Å². The van der Waals surface area contributed by atoms with Gasteiger partial charge >= 0.3 is 0 Å². The molecule has 19 heavy (non-hydrogen) atoms. The Bertz CT molecular complexity index is 419. The highest BCUT2D eigenvalue weighted by atomic mass is 35.5. The lowest BCUT2D eigenvalue weighted by molar-refractivity contribution is -0.116. The quantitative estimate of drug-likeness (QED) is 0.644. The zero-order chi connectivity index (χ0) is 13.5. The van der Waals surface area contributed by atoms with E-state index in [-0.39, 0.29) is 5.91 Å².